The van der Waals surface area contributed by atoms with Crippen LogP contribution in [-0.2, 0) is 11.2 Å². The normalized spacial score (nSPS) is 10.8. The summed E-state index contributed by atoms with van der Waals surface area (Å²) in [6, 6.07) is 15.3. The molecule has 1 amide bonds. The average molecular weight is 317 g/mol. The SMILES string of the molecule is O=C(Cc1ccc(-n2cccn2)cc1)Nc1ccc2cn[nH]c2c1. The zero-order valence-corrected chi connectivity index (χ0v) is 12.8. The van der Waals surface area contributed by atoms with Gasteiger partial charge in [0.25, 0.3) is 0 Å². The minimum absolute atomic E-state index is 0.0549. The van der Waals surface area contributed by atoms with Gasteiger partial charge in [-0.25, -0.2) is 4.68 Å². The van der Waals surface area contributed by atoms with Crippen LogP contribution >= 0.6 is 0 Å². The number of hydrogen-bond donors (Lipinski definition) is 2. The number of H-pyrrole nitrogens is 1. The highest BCUT2D eigenvalue weighted by atomic mass is 16.1. The number of carbonyl (C=O) groups is 1. The fraction of sp³-hybridized carbons (Fsp3) is 0.0556. The number of fused-ring (bicyclic) bond motifs is 1. The lowest BCUT2D eigenvalue weighted by atomic mass is 10.1. The number of amides is 1. The van der Waals surface area contributed by atoms with Gasteiger partial charge in [0.2, 0.25) is 5.91 Å². The zero-order valence-electron chi connectivity index (χ0n) is 12.8. The maximum absolute atomic E-state index is 12.2. The number of hydrogen-bond acceptors (Lipinski definition) is 3. The van der Waals surface area contributed by atoms with E-state index < -0.39 is 0 Å². The second kappa shape index (κ2) is 6.00. The molecule has 4 rings (SSSR count). The Bertz CT molecular complexity index is 970. The summed E-state index contributed by atoms with van der Waals surface area (Å²) in [7, 11) is 0. The smallest absolute Gasteiger partial charge is 0.228 e. The van der Waals surface area contributed by atoms with Gasteiger partial charge in [-0.3, -0.25) is 9.89 Å². The monoisotopic (exact) mass is 317 g/mol. The molecule has 2 aromatic heterocycles. The Morgan fingerprint density at radius 3 is 2.83 bits per heavy atom. The quantitative estimate of drug-likeness (QED) is 0.607. The minimum Gasteiger partial charge on any atom is -0.326 e. The van der Waals surface area contributed by atoms with E-state index in [1.54, 1.807) is 17.1 Å². The van der Waals surface area contributed by atoms with Gasteiger partial charge in [-0.2, -0.15) is 10.2 Å². The number of anilines is 1. The topological polar surface area (TPSA) is 75.6 Å². The minimum atomic E-state index is -0.0549. The van der Waals surface area contributed by atoms with E-state index in [1.807, 2.05) is 54.7 Å². The highest BCUT2D eigenvalue weighted by Gasteiger charge is 2.06. The van der Waals surface area contributed by atoms with Gasteiger partial charge in [-0.15, -0.1) is 0 Å². The summed E-state index contributed by atoms with van der Waals surface area (Å²) >= 11 is 0. The van der Waals surface area contributed by atoms with Gasteiger partial charge in [0.1, 0.15) is 0 Å². The van der Waals surface area contributed by atoms with Crippen LogP contribution in [0.25, 0.3) is 16.6 Å². The largest absolute Gasteiger partial charge is 0.326 e. The molecule has 2 N–H and O–H groups in total. The van der Waals surface area contributed by atoms with Gasteiger partial charge >= 0.3 is 0 Å². The third-order valence-corrected chi connectivity index (χ3v) is 3.80. The fourth-order valence-electron chi connectivity index (χ4n) is 2.59. The first-order valence-electron chi connectivity index (χ1n) is 7.60. The van der Waals surface area contributed by atoms with Crippen molar-refractivity contribution in [3.05, 3.63) is 72.7 Å². The first-order valence-corrected chi connectivity index (χ1v) is 7.60. The standard InChI is InChI=1S/C18H15N5O/c24-18(21-15-5-4-14-12-19-22-17(14)11-15)10-13-2-6-16(7-3-13)23-9-1-8-20-23/h1-9,11-12H,10H2,(H,19,22)(H,21,24). The van der Waals surface area contributed by atoms with Gasteiger partial charge in [0, 0.05) is 23.5 Å². The molecule has 0 bridgehead atoms. The Kier molecular flexibility index (Phi) is 3.55. The van der Waals surface area contributed by atoms with E-state index in [4.69, 9.17) is 0 Å². The molecule has 0 unspecified atom stereocenters. The molecule has 118 valence electrons. The lowest BCUT2D eigenvalue weighted by Gasteiger charge is -2.07. The molecular formula is C18H15N5O. The molecule has 0 spiro atoms. The van der Waals surface area contributed by atoms with Crippen molar-refractivity contribution in [2.75, 3.05) is 5.32 Å². The second-order valence-electron chi connectivity index (χ2n) is 5.51. The van der Waals surface area contributed by atoms with Crippen LogP contribution in [0.5, 0.6) is 0 Å². The highest BCUT2D eigenvalue weighted by Crippen LogP contribution is 2.17. The lowest BCUT2D eigenvalue weighted by molar-refractivity contribution is -0.115. The van der Waals surface area contributed by atoms with E-state index in [9.17, 15) is 4.79 Å². The maximum atomic E-state index is 12.2. The summed E-state index contributed by atoms with van der Waals surface area (Å²) in [6.45, 7) is 0. The number of rotatable bonds is 4. The Balaban J connectivity index is 1.43. The third kappa shape index (κ3) is 2.89. The fourth-order valence-corrected chi connectivity index (χ4v) is 2.59. The predicted octanol–water partition coefficient (Wildman–Crippen LogP) is 2.93. The van der Waals surface area contributed by atoms with Crippen LogP contribution in [0.1, 0.15) is 5.56 Å². The molecule has 2 heterocycles. The molecule has 4 aromatic rings. The first-order chi connectivity index (χ1) is 11.8. The molecule has 24 heavy (non-hydrogen) atoms. The number of benzene rings is 2. The molecule has 0 aliphatic heterocycles. The van der Waals surface area contributed by atoms with Crippen molar-refractivity contribution >= 4 is 22.5 Å². The molecule has 0 aliphatic carbocycles. The molecule has 0 atom stereocenters. The molecule has 2 aromatic carbocycles. The molecule has 6 heteroatoms. The number of nitrogens with zero attached hydrogens (tertiary/aromatic N) is 3. The van der Waals surface area contributed by atoms with Gasteiger partial charge in [-0.1, -0.05) is 12.1 Å². The third-order valence-electron chi connectivity index (χ3n) is 3.80. The van der Waals surface area contributed by atoms with E-state index >= 15 is 0 Å². The van der Waals surface area contributed by atoms with Crippen molar-refractivity contribution in [2.24, 2.45) is 0 Å². The highest BCUT2D eigenvalue weighted by molar-refractivity contribution is 5.94. The number of nitrogens with one attached hydrogen (secondary N) is 2. The summed E-state index contributed by atoms with van der Waals surface area (Å²) < 4.78 is 1.78. The van der Waals surface area contributed by atoms with Crippen LogP contribution in [0, 0.1) is 0 Å². The second-order valence-corrected chi connectivity index (χ2v) is 5.51. The van der Waals surface area contributed by atoms with Crippen LogP contribution in [0.3, 0.4) is 0 Å². The van der Waals surface area contributed by atoms with Crippen LogP contribution in [0.15, 0.2) is 67.1 Å². The predicted molar refractivity (Wildman–Crippen MR) is 92.0 cm³/mol. The van der Waals surface area contributed by atoms with Crippen molar-refractivity contribution in [3.63, 3.8) is 0 Å². The number of aromatic nitrogens is 4. The van der Waals surface area contributed by atoms with Crippen LogP contribution in [-0.4, -0.2) is 25.9 Å². The summed E-state index contributed by atoms with van der Waals surface area (Å²) in [5.41, 5.74) is 3.57. The summed E-state index contributed by atoms with van der Waals surface area (Å²) in [5, 5.41) is 15.0. The van der Waals surface area contributed by atoms with E-state index in [0.29, 0.717) is 6.42 Å². The molecule has 0 fully saturated rings. The number of aromatic amines is 1. The van der Waals surface area contributed by atoms with E-state index in [0.717, 1.165) is 27.8 Å². The van der Waals surface area contributed by atoms with E-state index in [1.165, 1.54) is 0 Å². The first kappa shape index (κ1) is 14.2. The molecule has 0 aliphatic rings. The van der Waals surface area contributed by atoms with Crippen LogP contribution in [0.2, 0.25) is 0 Å². The Labute approximate surface area is 138 Å². The molecule has 6 nitrogen and oxygen atoms in total. The molecule has 0 saturated carbocycles. The Morgan fingerprint density at radius 1 is 1.17 bits per heavy atom. The van der Waals surface area contributed by atoms with Crippen LogP contribution < -0.4 is 5.32 Å². The lowest BCUT2D eigenvalue weighted by Crippen LogP contribution is -2.14. The van der Waals surface area contributed by atoms with Crippen molar-refractivity contribution in [2.45, 2.75) is 6.42 Å². The summed E-state index contributed by atoms with van der Waals surface area (Å²) in [5.74, 6) is -0.0549. The van der Waals surface area contributed by atoms with E-state index in [2.05, 4.69) is 20.6 Å². The van der Waals surface area contributed by atoms with Gasteiger partial charge in [-0.05, 0) is 42.0 Å². The number of carbonyl (C=O) groups excluding carboxylic acids is 1. The molecule has 0 radical (unpaired) electrons. The van der Waals surface area contributed by atoms with Crippen molar-refractivity contribution in [1.82, 2.24) is 20.0 Å². The Morgan fingerprint density at radius 2 is 2.04 bits per heavy atom. The molecular weight excluding hydrogens is 302 g/mol. The zero-order chi connectivity index (χ0) is 16.4. The van der Waals surface area contributed by atoms with Crippen LogP contribution in [0.4, 0.5) is 5.69 Å². The van der Waals surface area contributed by atoms with E-state index in [-0.39, 0.29) is 5.91 Å². The van der Waals surface area contributed by atoms with Gasteiger partial charge < -0.3 is 5.32 Å². The average Bonchev–Trinajstić information content (AvgIpc) is 3.26. The summed E-state index contributed by atoms with van der Waals surface area (Å²) in [6.07, 6.45) is 5.69. The van der Waals surface area contributed by atoms with Gasteiger partial charge in [0.15, 0.2) is 0 Å². The van der Waals surface area contributed by atoms with Crippen molar-refractivity contribution in [3.8, 4) is 5.69 Å². The maximum Gasteiger partial charge on any atom is 0.228 e. The Hall–Kier alpha value is -3.41. The molecule has 0 saturated heterocycles. The van der Waals surface area contributed by atoms with Crippen molar-refractivity contribution < 1.29 is 4.79 Å². The van der Waals surface area contributed by atoms with Gasteiger partial charge in [0.05, 0.1) is 23.8 Å². The summed E-state index contributed by atoms with van der Waals surface area (Å²) in [4.78, 5) is 12.2. The van der Waals surface area contributed by atoms with Crippen molar-refractivity contribution in [1.29, 1.82) is 0 Å².